The minimum absolute atomic E-state index is 0.881. The smallest absolute Gasteiger partial charge is 0.160 e. The highest BCUT2D eigenvalue weighted by Gasteiger charge is 2.23. The van der Waals surface area contributed by atoms with Crippen LogP contribution in [0.2, 0.25) is 0 Å². The highest BCUT2D eigenvalue weighted by Crippen LogP contribution is 2.45. The average Bonchev–Trinajstić information content (AvgIpc) is 4.11. The molecule has 0 aliphatic heterocycles. The Labute approximate surface area is 404 Å². The molecule has 0 amide bonds. The Morgan fingerprint density at radius 1 is 0.257 bits per heavy atom. The lowest BCUT2D eigenvalue weighted by Crippen LogP contribution is -2.10. The van der Waals surface area contributed by atoms with E-state index >= 15 is 0 Å². The van der Waals surface area contributed by atoms with Crippen LogP contribution in [0, 0.1) is 0 Å². The van der Waals surface area contributed by atoms with Gasteiger partial charge in [-0.05, 0) is 118 Å². The van der Waals surface area contributed by atoms with E-state index in [1.165, 1.54) is 38.4 Å². The molecule has 4 heteroatoms. The van der Waals surface area contributed by atoms with Crippen molar-refractivity contribution in [2.45, 2.75) is 0 Å². The predicted octanol–water partition coefficient (Wildman–Crippen LogP) is 18.3. The highest BCUT2D eigenvalue weighted by molar-refractivity contribution is 6.26. The van der Waals surface area contributed by atoms with Crippen LogP contribution >= 0.6 is 0 Å². The number of rotatable bonds is 8. The molecule has 0 N–H and O–H groups in total. The molecule has 0 atom stereocenters. The van der Waals surface area contributed by atoms with E-state index in [9.17, 15) is 0 Å². The zero-order valence-corrected chi connectivity index (χ0v) is 38.1. The predicted molar refractivity (Wildman–Crippen MR) is 293 cm³/mol. The van der Waals surface area contributed by atoms with E-state index in [1.807, 2.05) is 0 Å². The molecule has 328 valence electrons. The lowest BCUT2D eigenvalue weighted by molar-refractivity contribution is 0.673. The Morgan fingerprint density at radius 3 is 1.16 bits per heavy atom. The van der Waals surface area contributed by atoms with Crippen molar-refractivity contribution in [1.82, 2.24) is 9.13 Å². The molecule has 14 aromatic rings. The van der Waals surface area contributed by atoms with E-state index in [2.05, 4.69) is 275 Å². The Morgan fingerprint density at radius 2 is 0.643 bits per heavy atom. The number of para-hydroxylation sites is 3. The molecule has 3 heterocycles. The minimum atomic E-state index is 0.881. The number of benzene rings is 11. The zero-order chi connectivity index (χ0) is 46.1. The average molecular weight is 894 g/mol. The summed E-state index contributed by atoms with van der Waals surface area (Å²) in [5.41, 5.74) is 18.7. The van der Waals surface area contributed by atoms with Crippen LogP contribution in [0.25, 0.3) is 110 Å². The van der Waals surface area contributed by atoms with Crippen molar-refractivity contribution in [2.75, 3.05) is 4.90 Å². The van der Waals surface area contributed by atoms with Crippen LogP contribution in [-0.2, 0) is 0 Å². The van der Waals surface area contributed by atoms with E-state index in [0.717, 1.165) is 89.0 Å². The SMILES string of the molecule is c1ccc(-c2ccc(N(c3ccc(-c4ccccc4)cc3)c3cccc(-c4ccc(-n5c6ccccc6c6ccc7c8ccc9c%10ccccc%10n(-c%10ccccc%10)c9c8oc7c65)cc4)c3)cc2)cc1. The fraction of sp³-hybridized carbons (Fsp3) is 0. The number of aromatic nitrogens is 2. The molecule has 0 fully saturated rings. The number of hydrogen-bond donors (Lipinski definition) is 0. The van der Waals surface area contributed by atoms with Crippen molar-refractivity contribution >= 4 is 82.6 Å². The summed E-state index contributed by atoms with van der Waals surface area (Å²) >= 11 is 0. The number of fused-ring (bicyclic) bond motifs is 11. The molecule has 14 rings (SSSR count). The summed E-state index contributed by atoms with van der Waals surface area (Å²) in [5.74, 6) is 0. The van der Waals surface area contributed by atoms with Crippen LogP contribution in [0.15, 0.2) is 265 Å². The van der Waals surface area contributed by atoms with Crippen molar-refractivity contribution in [1.29, 1.82) is 0 Å². The van der Waals surface area contributed by atoms with Crippen LogP contribution in [0.1, 0.15) is 0 Å². The van der Waals surface area contributed by atoms with E-state index in [1.54, 1.807) is 0 Å². The van der Waals surface area contributed by atoms with Gasteiger partial charge in [0.15, 0.2) is 11.2 Å². The standard InChI is InChI=1S/C66H43N3O/c1-4-15-44(16-5-1)46-27-33-51(34-28-46)67(52-35-29-47(30-36-52)45-17-6-2-7-18-45)54-22-14-19-49(43-54)48-31-37-53(38-32-48)69-62-26-13-11-24-56(62)58-40-42-60-59-41-39-57-55-23-10-12-25-61(55)68(50-20-8-3-9-21-50)63(57)65(59)70-66(60)64(58)69/h1-43H. The molecule has 4 nitrogen and oxygen atoms in total. The Balaban J connectivity index is 0.891. The van der Waals surface area contributed by atoms with Gasteiger partial charge in [-0.3, -0.25) is 0 Å². The van der Waals surface area contributed by atoms with Gasteiger partial charge in [-0.15, -0.1) is 0 Å². The van der Waals surface area contributed by atoms with Crippen molar-refractivity contribution in [3.63, 3.8) is 0 Å². The Bertz CT molecular complexity index is 4160. The maximum absolute atomic E-state index is 7.28. The van der Waals surface area contributed by atoms with Gasteiger partial charge < -0.3 is 18.5 Å². The van der Waals surface area contributed by atoms with Crippen LogP contribution in [0.5, 0.6) is 0 Å². The second-order valence-corrected chi connectivity index (χ2v) is 18.1. The molecule has 70 heavy (non-hydrogen) atoms. The van der Waals surface area contributed by atoms with E-state index in [-0.39, 0.29) is 0 Å². The van der Waals surface area contributed by atoms with E-state index < -0.39 is 0 Å². The van der Waals surface area contributed by atoms with Gasteiger partial charge in [0.05, 0.1) is 22.1 Å². The van der Waals surface area contributed by atoms with Crippen LogP contribution in [-0.4, -0.2) is 9.13 Å². The molecule has 0 aliphatic carbocycles. The maximum Gasteiger partial charge on any atom is 0.160 e. The molecular formula is C66H43N3O. The fourth-order valence-corrected chi connectivity index (χ4v) is 10.8. The molecular weight excluding hydrogens is 851 g/mol. The molecule has 0 saturated carbocycles. The first-order valence-corrected chi connectivity index (χ1v) is 23.9. The first kappa shape index (κ1) is 39.8. The van der Waals surface area contributed by atoms with Gasteiger partial charge in [0, 0.05) is 60.8 Å². The Hall–Kier alpha value is -9.38. The molecule has 0 unspecified atom stereocenters. The highest BCUT2D eigenvalue weighted by atomic mass is 16.3. The lowest BCUT2D eigenvalue weighted by atomic mass is 10.0. The van der Waals surface area contributed by atoms with Gasteiger partial charge in [-0.1, -0.05) is 176 Å². The van der Waals surface area contributed by atoms with Crippen LogP contribution in [0.3, 0.4) is 0 Å². The number of furan rings is 1. The first-order chi connectivity index (χ1) is 34.7. The molecule has 0 saturated heterocycles. The van der Waals surface area contributed by atoms with Crippen LogP contribution in [0.4, 0.5) is 17.1 Å². The van der Waals surface area contributed by atoms with Crippen LogP contribution < -0.4 is 4.90 Å². The van der Waals surface area contributed by atoms with Crippen molar-refractivity contribution < 1.29 is 4.42 Å². The molecule has 0 aliphatic rings. The van der Waals surface area contributed by atoms with Crippen molar-refractivity contribution in [2.24, 2.45) is 0 Å². The monoisotopic (exact) mass is 893 g/mol. The summed E-state index contributed by atoms with van der Waals surface area (Å²) in [6.07, 6.45) is 0. The first-order valence-electron chi connectivity index (χ1n) is 23.9. The van der Waals surface area contributed by atoms with Gasteiger partial charge in [0.25, 0.3) is 0 Å². The molecule has 0 bridgehead atoms. The number of hydrogen-bond acceptors (Lipinski definition) is 2. The molecule has 3 aromatic heterocycles. The van der Waals surface area contributed by atoms with E-state index in [0.29, 0.717) is 0 Å². The lowest BCUT2D eigenvalue weighted by Gasteiger charge is -2.26. The summed E-state index contributed by atoms with van der Waals surface area (Å²) in [5, 5.41) is 6.93. The van der Waals surface area contributed by atoms with Gasteiger partial charge >= 0.3 is 0 Å². The second-order valence-electron chi connectivity index (χ2n) is 18.1. The Kier molecular flexibility index (Phi) is 9.17. The third-order valence-electron chi connectivity index (χ3n) is 14.1. The number of anilines is 3. The maximum atomic E-state index is 7.28. The van der Waals surface area contributed by atoms with Gasteiger partial charge in [0.1, 0.15) is 0 Å². The largest absolute Gasteiger partial charge is 0.452 e. The van der Waals surface area contributed by atoms with Gasteiger partial charge in [0.2, 0.25) is 0 Å². The van der Waals surface area contributed by atoms with Gasteiger partial charge in [-0.25, -0.2) is 0 Å². The van der Waals surface area contributed by atoms with Crippen molar-refractivity contribution in [3.05, 3.63) is 261 Å². The second kappa shape index (κ2) is 16.2. The summed E-state index contributed by atoms with van der Waals surface area (Å²) in [7, 11) is 0. The number of nitrogens with zero attached hydrogens (tertiary/aromatic N) is 3. The molecule has 11 aromatic carbocycles. The zero-order valence-electron chi connectivity index (χ0n) is 38.1. The fourth-order valence-electron chi connectivity index (χ4n) is 10.8. The van der Waals surface area contributed by atoms with E-state index in [4.69, 9.17) is 4.42 Å². The normalized spacial score (nSPS) is 11.7. The summed E-state index contributed by atoms with van der Waals surface area (Å²) in [6, 6.07) is 93.9. The molecule has 0 spiro atoms. The van der Waals surface area contributed by atoms with Gasteiger partial charge in [-0.2, -0.15) is 0 Å². The quantitative estimate of drug-likeness (QED) is 0.152. The molecule has 0 radical (unpaired) electrons. The summed E-state index contributed by atoms with van der Waals surface area (Å²) in [6.45, 7) is 0. The third kappa shape index (κ3) is 6.38. The summed E-state index contributed by atoms with van der Waals surface area (Å²) < 4.78 is 12.0. The topological polar surface area (TPSA) is 26.2 Å². The minimum Gasteiger partial charge on any atom is -0.452 e. The van der Waals surface area contributed by atoms with Crippen molar-refractivity contribution in [3.8, 4) is 44.8 Å². The summed E-state index contributed by atoms with van der Waals surface area (Å²) in [4.78, 5) is 2.35. The third-order valence-corrected chi connectivity index (χ3v) is 14.1.